The molecular formula is C45H36N6S. The van der Waals surface area contributed by atoms with Crippen LogP contribution >= 0.6 is 11.3 Å². The maximum Gasteiger partial charge on any atom is 0.153 e. The van der Waals surface area contributed by atoms with Gasteiger partial charge in [-0.1, -0.05) is 103 Å². The zero-order valence-corrected chi connectivity index (χ0v) is 29.7. The van der Waals surface area contributed by atoms with Crippen LogP contribution in [0.1, 0.15) is 23.6 Å². The number of para-hydroxylation sites is 1. The molecule has 0 spiro atoms. The van der Waals surface area contributed by atoms with Gasteiger partial charge in [-0.25, -0.2) is 0 Å². The number of thiophene rings is 1. The molecule has 0 amide bonds. The minimum absolute atomic E-state index is 0.415. The molecule has 9 aromatic rings. The van der Waals surface area contributed by atoms with E-state index in [1.54, 1.807) is 6.21 Å². The van der Waals surface area contributed by atoms with E-state index in [-0.39, 0.29) is 0 Å². The Bertz CT molecular complexity index is 2820. The SMILES string of the molecule is C/C=C\C(=C/c1cn(C)c2ccccc12)n1c2cccnc2c2ccc3sc4ccccc4c3c21.N/C(=N\N=C\c1ccccc1)c1ccccc1. The van der Waals surface area contributed by atoms with Crippen molar-refractivity contribution in [1.82, 2.24) is 14.1 Å². The van der Waals surface area contributed by atoms with Crippen LogP contribution in [0.15, 0.2) is 168 Å². The number of hydrogen-bond donors (Lipinski definition) is 1. The van der Waals surface area contributed by atoms with Crippen molar-refractivity contribution in [2.45, 2.75) is 6.92 Å². The quantitative estimate of drug-likeness (QED) is 0.0815. The van der Waals surface area contributed by atoms with E-state index in [0.717, 1.165) is 27.9 Å². The molecule has 0 unspecified atom stereocenters. The van der Waals surface area contributed by atoms with Crippen LogP contribution in [-0.2, 0) is 7.05 Å². The highest BCUT2D eigenvalue weighted by molar-refractivity contribution is 7.26. The van der Waals surface area contributed by atoms with E-state index in [2.05, 4.69) is 124 Å². The predicted octanol–water partition coefficient (Wildman–Crippen LogP) is 11.0. The number of pyridine rings is 1. The molecule has 0 bridgehead atoms. The maximum absolute atomic E-state index is 5.80. The highest BCUT2D eigenvalue weighted by atomic mass is 32.1. The first-order valence-electron chi connectivity index (χ1n) is 17.2. The summed E-state index contributed by atoms with van der Waals surface area (Å²) in [7, 11) is 2.11. The standard InChI is InChI=1S/C31H23N3S.C14H13N3/c1-3-9-21(18-20-19-33(2)25-12-6-4-10-22(20)25)34-26-13-8-17-32-30(26)24-15-16-28-29(31(24)34)23-11-5-7-14-27(23)35-28;15-14(13-9-5-2-6-10-13)17-16-11-12-7-3-1-4-8-12/h3-19H,1-2H3;1-11H,(H2,15,17)/b9-3-,21-18+;16-11+. The number of fused-ring (bicyclic) bond motifs is 8. The molecule has 0 saturated heterocycles. The number of aromatic nitrogens is 3. The summed E-state index contributed by atoms with van der Waals surface area (Å²) in [6.07, 6.45) is 12.4. The van der Waals surface area contributed by atoms with Crippen LogP contribution in [0.2, 0.25) is 0 Å². The van der Waals surface area contributed by atoms with Gasteiger partial charge in [0.25, 0.3) is 0 Å². The molecule has 0 aliphatic rings. The highest BCUT2D eigenvalue weighted by Crippen LogP contribution is 2.42. The molecule has 9 rings (SSSR count). The smallest absolute Gasteiger partial charge is 0.153 e. The molecule has 4 aromatic heterocycles. The van der Waals surface area contributed by atoms with Crippen molar-refractivity contribution in [2.75, 3.05) is 0 Å². The zero-order valence-electron chi connectivity index (χ0n) is 28.9. The number of amidine groups is 1. The van der Waals surface area contributed by atoms with Gasteiger partial charge in [-0.2, -0.15) is 5.10 Å². The Kier molecular flexibility index (Phi) is 9.00. The highest BCUT2D eigenvalue weighted by Gasteiger charge is 2.19. The Morgan fingerprint density at radius 2 is 1.44 bits per heavy atom. The van der Waals surface area contributed by atoms with E-state index >= 15 is 0 Å². The van der Waals surface area contributed by atoms with Crippen molar-refractivity contribution in [2.24, 2.45) is 23.0 Å². The number of aryl methyl sites for hydroxylation is 1. The van der Waals surface area contributed by atoms with E-state index in [4.69, 9.17) is 10.7 Å². The minimum Gasteiger partial charge on any atom is -0.382 e. The summed E-state index contributed by atoms with van der Waals surface area (Å²) in [5, 5.41) is 12.9. The molecule has 0 fully saturated rings. The van der Waals surface area contributed by atoms with Gasteiger partial charge < -0.3 is 14.9 Å². The van der Waals surface area contributed by atoms with Gasteiger partial charge >= 0.3 is 0 Å². The van der Waals surface area contributed by atoms with Crippen molar-refractivity contribution in [3.63, 3.8) is 0 Å². The number of nitrogens with zero attached hydrogens (tertiary/aromatic N) is 5. The third-order valence-electron chi connectivity index (χ3n) is 9.09. The number of nitrogens with two attached hydrogens (primary N) is 1. The van der Waals surface area contributed by atoms with Gasteiger partial charge in [-0.05, 0) is 61.0 Å². The molecule has 0 aliphatic heterocycles. The Labute approximate surface area is 305 Å². The zero-order chi connectivity index (χ0) is 35.4. The molecular weight excluding hydrogens is 657 g/mol. The number of allylic oxidation sites excluding steroid dienone is 3. The molecule has 0 aliphatic carbocycles. The summed E-state index contributed by atoms with van der Waals surface area (Å²) in [5.41, 5.74) is 14.6. The predicted molar refractivity (Wildman–Crippen MR) is 223 cm³/mol. The number of hydrogen-bond acceptors (Lipinski definition) is 4. The van der Waals surface area contributed by atoms with Gasteiger partial charge in [0, 0.05) is 72.7 Å². The van der Waals surface area contributed by atoms with Crippen molar-refractivity contribution < 1.29 is 0 Å². The van der Waals surface area contributed by atoms with Crippen LogP contribution in [-0.4, -0.2) is 26.2 Å². The van der Waals surface area contributed by atoms with Crippen LogP contribution in [0.3, 0.4) is 0 Å². The van der Waals surface area contributed by atoms with Gasteiger partial charge in [0.1, 0.15) is 0 Å². The van der Waals surface area contributed by atoms with Gasteiger partial charge in [-0.3, -0.25) is 4.98 Å². The van der Waals surface area contributed by atoms with E-state index in [1.807, 2.05) is 84.3 Å². The summed E-state index contributed by atoms with van der Waals surface area (Å²) in [5.74, 6) is 0.415. The fourth-order valence-corrected chi connectivity index (χ4v) is 7.87. The fourth-order valence-electron chi connectivity index (χ4n) is 6.76. The lowest BCUT2D eigenvalue weighted by Crippen LogP contribution is -2.12. The molecule has 252 valence electrons. The third-order valence-corrected chi connectivity index (χ3v) is 10.2. The summed E-state index contributed by atoms with van der Waals surface area (Å²) in [6.45, 7) is 2.08. The largest absolute Gasteiger partial charge is 0.382 e. The maximum atomic E-state index is 5.80. The van der Waals surface area contributed by atoms with Crippen molar-refractivity contribution in [3.8, 4) is 0 Å². The normalized spacial score (nSPS) is 12.6. The van der Waals surface area contributed by atoms with Crippen molar-refractivity contribution in [3.05, 3.63) is 175 Å². The molecule has 0 atom stereocenters. The lowest BCUT2D eigenvalue weighted by molar-refractivity contribution is 0.968. The van der Waals surface area contributed by atoms with Gasteiger partial charge in [-0.15, -0.1) is 16.4 Å². The summed E-state index contributed by atoms with van der Waals surface area (Å²) in [6, 6.07) is 45.3. The van der Waals surface area contributed by atoms with E-state index in [1.165, 1.54) is 47.5 Å². The second-order valence-electron chi connectivity index (χ2n) is 12.4. The minimum atomic E-state index is 0.415. The summed E-state index contributed by atoms with van der Waals surface area (Å²) < 4.78 is 7.21. The van der Waals surface area contributed by atoms with Crippen LogP contribution in [0.5, 0.6) is 0 Å². The second kappa shape index (κ2) is 14.3. The fraction of sp³-hybridized carbons (Fsp3) is 0.0444. The summed E-state index contributed by atoms with van der Waals surface area (Å²) >= 11 is 1.85. The average molecular weight is 693 g/mol. The van der Waals surface area contributed by atoms with Crippen LogP contribution in [0, 0.1) is 0 Å². The monoisotopic (exact) mass is 692 g/mol. The van der Waals surface area contributed by atoms with Crippen LogP contribution in [0.25, 0.3) is 64.8 Å². The second-order valence-corrected chi connectivity index (χ2v) is 13.5. The molecule has 0 saturated carbocycles. The lowest BCUT2D eigenvalue weighted by atomic mass is 10.1. The third kappa shape index (κ3) is 6.19. The summed E-state index contributed by atoms with van der Waals surface area (Å²) in [4.78, 5) is 4.83. The Hall–Kier alpha value is -6.57. The topological polar surface area (TPSA) is 73.5 Å². The molecule has 0 radical (unpaired) electrons. The first kappa shape index (κ1) is 32.6. The Morgan fingerprint density at radius 1 is 0.731 bits per heavy atom. The molecule has 52 heavy (non-hydrogen) atoms. The van der Waals surface area contributed by atoms with Crippen LogP contribution in [0.4, 0.5) is 0 Å². The van der Waals surface area contributed by atoms with E-state index < -0.39 is 0 Å². The molecule has 2 N–H and O–H groups in total. The van der Waals surface area contributed by atoms with Crippen molar-refractivity contribution in [1.29, 1.82) is 0 Å². The number of benzene rings is 5. The van der Waals surface area contributed by atoms with Gasteiger partial charge in [0.2, 0.25) is 0 Å². The molecule has 5 aromatic carbocycles. The number of rotatable bonds is 6. The molecule has 6 nitrogen and oxygen atoms in total. The van der Waals surface area contributed by atoms with E-state index in [0.29, 0.717) is 5.84 Å². The van der Waals surface area contributed by atoms with Gasteiger partial charge in [0.15, 0.2) is 5.84 Å². The molecule has 7 heteroatoms. The van der Waals surface area contributed by atoms with Crippen LogP contribution < -0.4 is 5.73 Å². The molecule has 4 heterocycles. The van der Waals surface area contributed by atoms with Gasteiger partial charge in [0.05, 0.1) is 22.8 Å². The van der Waals surface area contributed by atoms with Crippen molar-refractivity contribution >= 4 is 88.2 Å². The average Bonchev–Trinajstić information content (AvgIpc) is 3.84. The van der Waals surface area contributed by atoms with E-state index in [9.17, 15) is 0 Å². The lowest BCUT2D eigenvalue weighted by Gasteiger charge is -2.10. The Morgan fingerprint density at radius 3 is 2.25 bits per heavy atom. The first-order valence-corrected chi connectivity index (χ1v) is 18.0. The Balaban J connectivity index is 0.000000192. The first-order chi connectivity index (χ1) is 25.6.